The van der Waals surface area contributed by atoms with Gasteiger partial charge in [0.1, 0.15) is 6.73 Å². The Morgan fingerprint density at radius 3 is 2.35 bits per heavy atom. The third-order valence-corrected chi connectivity index (χ3v) is 5.51. The van der Waals surface area contributed by atoms with Crippen molar-refractivity contribution in [2.75, 3.05) is 13.3 Å². The van der Waals surface area contributed by atoms with Gasteiger partial charge in [0, 0.05) is 3.57 Å². The molecule has 1 aliphatic heterocycles. The third kappa shape index (κ3) is 2.49. The van der Waals surface area contributed by atoms with Gasteiger partial charge in [0.2, 0.25) is 10.0 Å². The second-order valence-corrected chi connectivity index (χ2v) is 7.71. The van der Waals surface area contributed by atoms with Crippen LogP contribution in [0.4, 0.5) is 0 Å². The summed E-state index contributed by atoms with van der Waals surface area (Å²) in [6.45, 7) is 4.28. The van der Waals surface area contributed by atoms with Gasteiger partial charge < -0.3 is 4.74 Å². The standard InChI is InChI=1S/C11H14INO3S/c1-11(2)7-16-8-13(11)17(14,15)10-5-3-9(12)4-6-10/h3-6H,7-8H2,1-2H3. The summed E-state index contributed by atoms with van der Waals surface area (Å²) in [5.41, 5.74) is -0.484. The van der Waals surface area contributed by atoms with Gasteiger partial charge in [-0.1, -0.05) is 0 Å². The van der Waals surface area contributed by atoms with Crippen molar-refractivity contribution in [3.05, 3.63) is 27.8 Å². The fourth-order valence-corrected chi connectivity index (χ4v) is 3.76. The van der Waals surface area contributed by atoms with Gasteiger partial charge in [-0.3, -0.25) is 0 Å². The minimum Gasteiger partial charge on any atom is -0.363 e. The van der Waals surface area contributed by atoms with Gasteiger partial charge in [-0.25, -0.2) is 8.42 Å². The predicted octanol–water partition coefficient (Wildman–Crippen LogP) is 2.05. The molecule has 17 heavy (non-hydrogen) atoms. The Hall–Kier alpha value is -0.180. The van der Waals surface area contributed by atoms with Gasteiger partial charge in [-0.15, -0.1) is 0 Å². The molecule has 1 aliphatic rings. The Balaban J connectivity index is 2.40. The highest BCUT2D eigenvalue weighted by Crippen LogP contribution is 2.29. The van der Waals surface area contributed by atoms with E-state index in [0.717, 1.165) is 3.57 Å². The average molecular weight is 367 g/mol. The molecule has 4 nitrogen and oxygen atoms in total. The second-order valence-electron chi connectivity index (χ2n) is 4.60. The van der Waals surface area contributed by atoms with Crippen LogP contribution in [0.1, 0.15) is 13.8 Å². The highest BCUT2D eigenvalue weighted by atomic mass is 127. The van der Waals surface area contributed by atoms with Crippen LogP contribution in [-0.4, -0.2) is 31.6 Å². The number of halogens is 1. The number of nitrogens with zero attached hydrogens (tertiary/aromatic N) is 1. The lowest BCUT2D eigenvalue weighted by molar-refractivity contribution is 0.171. The van der Waals surface area contributed by atoms with Crippen molar-refractivity contribution in [2.24, 2.45) is 0 Å². The minimum absolute atomic E-state index is 0.126. The van der Waals surface area contributed by atoms with Crippen LogP contribution in [-0.2, 0) is 14.8 Å². The van der Waals surface area contributed by atoms with E-state index >= 15 is 0 Å². The molecule has 0 unspecified atom stereocenters. The maximum absolute atomic E-state index is 12.4. The lowest BCUT2D eigenvalue weighted by Crippen LogP contribution is -2.44. The lowest BCUT2D eigenvalue weighted by Gasteiger charge is -2.28. The molecule has 1 saturated heterocycles. The van der Waals surface area contributed by atoms with Crippen molar-refractivity contribution < 1.29 is 13.2 Å². The molecule has 1 fully saturated rings. The summed E-state index contributed by atoms with van der Waals surface area (Å²) >= 11 is 2.15. The lowest BCUT2D eigenvalue weighted by atomic mass is 10.1. The van der Waals surface area contributed by atoms with Crippen LogP contribution in [0.15, 0.2) is 29.2 Å². The number of ether oxygens (including phenoxy) is 1. The van der Waals surface area contributed by atoms with Gasteiger partial charge in [0.25, 0.3) is 0 Å². The quantitative estimate of drug-likeness (QED) is 0.752. The predicted molar refractivity (Wildman–Crippen MR) is 73.1 cm³/mol. The van der Waals surface area contributed by atoms with E-state index in [-0.39, 0.29) is 6.73 Å². The monoisotopic (exact) mass is 367 g/mol. The first-order chi connectivity index (χ1) is 7.84. The molecule has 0 atom stereocenters. The van der Waals surface area contributed by atoms with E-state index < -0.39 is 15.6 Å². The molecule has 0 aliphatic carbocycles. The summed E-state index contributed by atoms with van der Waals surface area (Å²) in [7, 11) is -3.46. The summed E-state index contributed by atoms with van der Waals surface area (Å²) in [6.07, 6.45) is 0. The van der Waals surface area contributed by atoms with Crippen molar-refractivity contribution in [3.63, 3.8) is 0 Å². The summed E-state index contributed by atoms with van der Waals surface area (Å²) in [4.78, 5) is 0.316. The van der Waals surface area contributed by atoms with Crippen LogP contribution in [0.25, 0.3) is 0 Å². The molecule has 1 aromatic rings. The first-order valence-electron chi connectivity index (χ1n) is 5.20. The fraction of sp³-hybridized carbons (Fsp3) is 0.455. The molecule has 0 amide bonds. The molecule has 2 rings (SSSR count). The topological polar surface area (TPSA) is 46.6 Å². The Labute approximate surface area is 115 Å². The van der Waals surface area contributed by atoms with Crippen LogP contribution >= 0.6 is 22.6 Å². The number of hydrogen-bond donors (Lipinski definition) is 0. The molecule has 0 N–H and O–H groups in total. The molecule has 0 aromatic heterocycles. The maximum atomic E-state index is 12.4. The molecular formula is C11H14INO3S. The largest absolute Gasteiger partial charge is 0.363 e. The zero-order valence-electron chi connectivity index (χ0n) is 9.68. The molecule has 1 heterocycles. The summed E-state index contributed by atoms with van der Waals surface area (Å²) < 4.78 is 32.5. The molecule has 1 aromatic carbocycles. The molecule has 0 spiro atoms. The van der Waals surface area contributed by atoms with E-state index in [1.54, 1.807) is 24.3 Å². The normalized spacial score (nSPS) is 20.6. The van der Waals surface area contributed by atoms with Gasteiger partial charge in [-0.05, 0) is 60.7 Å². The Bertz CT molecular complexity index is 510. The van der Waals surface area contributed by atoms with E-state index in [2.05, 4.69) is 22.6 Å². The first-order valence-corrected chi connectivity index (χ1v) is 7.72. The third-order valence-electron chi connectivity index (χ3n) is 2.74. The molecule has 0 radical (unpaired) electrons. The number of rotatable bonds is 2. The molecule has 94 valence electrons. The van der Waals surface area contributed by atoms with Gasteiger partial charge >= 0.3 is 0 Å². The summed E-state index contributed by atoms with van der Waals surface area (Å²) in [5.74, 6) is 0. The van der Waals surface area contributed by atoms with Crippen molar-refractivity contribution in [1.82, 2.24) is 4.31 Å². The highest BCUT2D eigenvalue weighted by molar-refractivity contribution is 14.1. The van der Waals surface area contributed by atoms with Crippen LogP contribution in [0, 0.1) is 3.57 Å². The highest BCUT2D eigenvalue weighted by Gasteiger charge is 2.41. The molecular weight excluding hydrogens is 353 g/mol. The van der Waals surface area contributed by atoms with E-state index in [4.69, 9.17) is 4.74 Å². The Morgan fingerprint density at radius 2 is 1.88 bits per heavy atom. The molecule has 0 bridgehead atoms. The van der Waals surface area contributed by atoms with Gasteiger partial charge in [0.05, 0.1) is 17.0 Å². The number of sulfonamides is 1. The van der Waals surface area contributed by atoms with Crippen molar-refractivity contribution >= 4 is 32.6 Å². The first kappa shape index (κ1) is 13.3. The Morgan fingerprint density at radius 1 is 1.29 bits per heavy atom. The van der Waals surface area contributed by atoms with Crippen molar-refractivity contribution in [2.45, 2.75) is 24.3 Å². The second kappa shape index (κ2) is 4.49. The van der Waals surface area contributed by atoms with Gasteiger partial charge in [0.15, 0.2) is 0 Å². The van der Waals surface area contributed by atoms with Crippen molar-refractivity contribution in [3.8, 4) is 0 Å². The van der Waals surface area contributed by atoms with E-state index in [9.17, 15) is 8.42 Å². The molecule has 0 saturated carbocycles. The van der Waals surface area contributed by atoms with Gasteiger partial charge in [-0.2, -0.15) is 4.31 Å². The fourth-order valence-electron chi connectivity index (χ4n) is 1.75. The van der Waals surface area contributed by atoms with Crippen molar-refractivity contribution in [1.29, 1.82) is 0 Å². The summed E-state index contributed by atoms with van der Waals surface area (Å²) in [5, 5.41) is 0. The maximum Gasteiger partial charge on any atom is 0.245 e. The van der Waals surface area contributed by atoms with E-state index in [1.807, 2.05) is 13.8 Å². The van der Waals surface area contributed by atoms with Crippen LogP contribution in [0.3, 0.4) is 0 Å². The zero-order chi connectivity index (χ0) is 12.7. The SMILES string of the molecule is CC1(C)COCN1S(=O)(=O)c1ccc(I)cc1. The summed E-state index contributed by atoms with van der Waals surface area (Å²) in [6, 6.07) is 6.84. The van der Waals surface area contributed by atoms with Crippen LogP contribution in [0.2, 0.25) is 0 Å². The number of benzene rings is 1. The number of hydrogen-bond acceptors (Lipinski definition) is 3. The van der Waals surface area contributed by atoms with Crippen LogP contribution in [0.5, 0.6) is 0 Å². The smallest absolute Gasteiger partial charge is 0.245 e. The van der Waals surface area contributed by atoms with E-state index in [0.29, 0.717) is 11.5 Å². The van der Waals surface area contributed by atoms with E-state index in [1.165, 1.54) is 4.31 Å². The minimum atomic E-state index is -3.46. The average Bonchev–Trinajstić information content (AvgIpc) is 2.59. The van der Waals surface area contributed by atoms with Crippen LogP contribution < -0.4 is 0 Å². The zero-order valence-corrected chi connectivity index (χ0v) is 12.7. The Kier molecular flexibility index (Phi) is 3.50. The molecule has 6 heteroatoms.